The second kappa shape index (κ2) is 4.32. The first-order chi connectivity index (χ1) is 11.6. The topological polar surface area (TPSA) is 63.4 Å². The van der Waals surface area contributed by atoms with Gasteiger partial charge in [-0.25, -0.2) is 0 Å². The van der Waals surface area contributed by atoms with Gasteiger partial charge in [0.15, 0.2) is 0 Å². The fourth-order valence-corrected chi connectivity index (χ4v) is 3.77. The fraction of sp³-hybridized carbons (Fsp3) is 0. The molecule has 4 nitrogen and oxygen atoms in total. The van der Waals surface area contributed by atoms with Gasteiger partial charge in [-0.1, -0.05) is 30.3 Å². The maximum absolute atomic E-state index is 11.5. The summed E-state index contributed by atoms with van der Waals surface area (Å²) in [5, 5.41) is 28.7. The molecule has 0 amide bonds. The number of fused-ring (bicyclic) bond motifs is 2. The molecule has 114 valence electrons. The number of hydrogen-bond donors (Lipinski definition) is 1. The summed E-state index contributed by atoms with van der Waals surface area (Å²) >= 11 is 0. The van der Waals surface area contributed by atoms with Crippen molar-refractivity contribution in [1.29, 1.82) is 0 Å². The largest absolute Gasteiger partial charge is 0.507 e. The van der Waals surface area contributed by atoms with Crippen LogP contribution in [0.25, 0.3) is 43.1 Å². The molecule has 0 bridgehead atoms. The molecule has 5 aromatic rings. The lowest BCUT2D eigenvalue weighted by Crippen LogP contribution is -1.93. The normalized spacial score (nSPS) is 11.8. The Kier molecular flexibility index (Phi) is 2.36. The third kappa shape index (κ3) is 1.52. The van der Waals surface area contributed by atoms with Gasteiger partial charge in [-0.05, 0) is 51.2 Å². The minimum atomic E-state index is -0.358. The zero-order chi connectivity index (χ0) is 16.4. The van der Waals surface area contributed by atoms with Crippen molar-refractivity contribution < 1.29 is 10.0 Å². The Balaban J connectivity index is 2.19. The van der Waals surface area contributed by atoms with E-state index in [0.717, 1.165) is 32.3 Å². The molecule has 5 aromatic carbocycles. The van der Waals surface area contributed by atoms with E-state index in [2.05, 4.69) is 6.07 Å². The summed E-state index contributed by atoms with van der Waals surface area (Å²) in [7, 11) is 0. The van der Waals surface area contributed by atoms with Crippen molar-refractivity contribution in [3.63, 3.8) is 0 Å². The minimum absolute atomic E-state index is 0.0651. The summed E-state index contributed by atoms with van der Waals surface area (Å²) < 4.78 is 0. The van der Waals surface area contributed by atoms with Crippen LogP contribution in [0.2, 0.25) is 0 Å². The molecular weight excluding hydrogens is 302 g/mol. The van der Waals surface area contributed by atoms with Gasteiger partial charge in [-0.15, -0.1) is 0 Å². The minimum Gasteiger partial charge on any atom is -0.507 e. The van der Waals surface area contributed by atoms with E-state index in [1.807, 2.05) is 36.4 Å². The number of aromatic hydroxyl groups is 1. The summed E-state index contributed by atoms with van der Waals surface area (Å²) in [6.45, 7) is 0. The number of benzene rings is 5. The molecule has 0 spiro atoms. The van der Waals surface area contributed by atoms with E-state index in [9.17, 15) is 15.2 Å². The molecule has 4 heteroatoms. The van der Waals surface area contributed by atoms with E-state index in [1.54, 1.807) is 12.1 Å². The predicted molar refractivity (Wildman–Crippen MR) is 96.0 cm³/mol. The van der Waals surface area contributed by atoms with Crippen molar-refractivity contribution in [2.45, 2.75) is 0 Å². The Morgan fingerprint density at radius 3 is 2.33 bits per heavy atom. The second-order valence-electron chi connectivity index (χ2n) is 6.02. The van der Waals surface area contributed by atoms with Crippen molar-refractivity contribution in [3.05, 3.63) is 70.8 Å². The summed E-state index contributed by atoms with van der Waals surface area (Å²) in [5.41, 5.74) is 0.0651. The molecule has 5 rings (SSSR count). The molecule has 0 aliphatic heterocycles. The van der Waals surface area contributed by atoms with Crippen LogP contribution < -0.4 is 0 Å². The molecule has 0 aliphatic rings. The van der Waals surface area contributed by atoms with Gasteiger partial charge < -0.3 is 5.11 Å². The third-order valence-corrected chi connectivity index (χ3v) is 4.77. The van der Waals surface area contributed by atoms with Crippen LogP contribution in [0, 0.1) is 10.1 Å². The molecule has 24 heavy (non-hydrogen) atoms. The second-order valence-corrected chi connectivity index (χ2v) is 6.02. The molecule has 0 fully saturated rings. The van der Waals surface area contributed by atoms with Gasteiger partial charge in [0.05, 0.1) is 10.3 Å². The number of nitro groups is 1. The first-order valence-electron chi connectivity index (χ1n) is 7.62. The van der Waals surface area contributed by atoms with E-state index in [0.29, 0.717) is 10.8 Å². The Labute approximate surface area is 136 Å². The predicted octanol–water partition coefficient (Wildman–Crippen LogP) is 5.35. The van der Waals surface area contributed by atoms with Gasteiger partial charge in [0, 0.05) is 16.8 Å². The SMILES string of the molecule is O=[N+]([O-])c1cc2cc3ccccc3c3ccc4c(O)ccc1c4c23. The highest BCUT2D eigenvalue weighted by atomic mass is 16.6. The van der Waals surface area contributed by atoms with Crippen molar-refractivity contribution in [1.82, 2.24) is 0 Å². The van der Waals surface area contributed by atoms with Crippen molar-refractivity contribution >= 4 is 48.8 Å². The average molecular weight is 313 g/mol. The van der Waals surface area contributed by atoms with E-state index in [4.69, 9.17) is 0 Å². The summed E-state index contributed by atoms with van der Waals surface area (Å²) in [5.74, 6) is 0.138. The lowest BCUT2D eigenvalue weighted by molar-refractivity contribution is -0.382. The van der Waals surface area contributed by atoms with Gasteiger partial charge >= 0.3 is 0 Å². The number of rotatable bonds is 1. The number of nitrogens with zero attached hydrogens (tertiary/aromatic N) is 1. The molecule has 0 heterocycles. The Morgan fingerprint density at radius 1 is 0.750 bits per heavy atom. The number of hydrogen-bond acceptors (Lipinski definition) is 3. The van der Waals surface area contributed by atoms with Gasteiger partial charge in [0.25, 0.3) is 5.69 Å². The van der Waals surface area contributed by atoms with Crippen molar-refractivity contribution in [2.75, 3.05) is 0 Å². The standard InChI is InChI=1S/C20H11NO3/c22-18-8-7-15-17(21(23)24)10-12-9-11-3-1-2-4-13(11)14-5-6-16(18)20(15)19(12)14/h1-10,22H. The fourth-order valence-electron chi connectivity index (χ4n) is 3.77. The van der Waals surface area contributed by atoms with Gasteiger partial charge in [0.1, 0.15) is 5.75 Å². The first kappa shape index (κ1) is 13.1. The van der Waals surface area contributed by atoms with E-state index in [-0.39, 0.29) is 16.4 Å². The van der Waals surface area contributed by atoms with E-state index < -0.39 is 0 Å². The van der Waals surface area contributed by atoms with E-state index in [1.165, 1.54) is 6.07 Å². The molecule has 0 atom stereocenters. The third-order valence-electron chi connectivity index (χ3n) is 4.77. The maximum atomic E-state index is 11.5. The summed E-state index contributed by atoms with van der Waals surface area (Å²) in [6.07, 6.45) is 0. The van der Waals surface area contributed by atoms with Gasteiger partial charge in [-0.2, -0.15) is 0 Å². The van der Waals surface area contributed by atoms with Crippen LogP contribution in [0.5, 0.6) is 5.75 Å². The van der Waals surface area contributed by atoms with Crippen molar-refractivity contribution in [3.8, 4) is 5.75 Å². The number of phenols is 1. The highest BCUT2D eigenvalue weighted by molar-refractivity contribution is 6.31. The Hall–Kier alpha value is -3.40. The van der Waals surface area contributed by atoms with Crippen LogP contribution in [0.15, 0.2) is 60.7 Å². The number of non-ortho nitro benzene ring substituents is 1. The van der Waals surface area contributed by atoms with Crippen LogP contribution in [-0.2, 0) is 0 Å². The van der Waals surface area contributed by atoms with Crippen molar-refractivity contribution in [2.24, 2.45) is 0 Å². The molecular formula is C20H11NO3. The van der Waals surface area contributed by atoms with Crippen LogP contribution in [0.1, 0.15) is 0 Å². The Morgan fingerprint density at radius 2 is 1.50 bits per heavy atom. The molecule has 0 saturated heterocycles. The number of nitro benzene ring substituents is 1. The molecule has 0 aliphatic carbocycles. The van der Waals surface area contributed by atoms with Crippen LogP contribution in [-0.4, -0.2) is 10.0 Å². The molecule has 1 N–H and O–H groups in total. The molecule has 0 unspecified atom stereocenters. The van der Waals surface area contributed by atoms with Gasteiger partial charge in [-0.3, -0.25) is 10.1 Å². The highest BCUT2D eigenvalue weighted by Crippen LogP contribution is 2.44. The van der Waals surface area contributed by atoms with Crippen LogP contribution >= 0.6 is 0 Å². The lowest BCUT2D eigenvalue weighted by atomic mass is 9.90. The zero-order valence-electron chi connectivity index (χ0n) is 12.5. The Bertz CT molecular complexity index is 1290. The van der Waals surface area contributed by atoms with E-state index >= 15 is 0 Å². The average Bonchev–Trinajstić information content (AvgIpc) is 2.60. The number of phenolic OH excluding ortho intramolecular Hbond substituents is 1. The molecule has 0 saturated carbocycles. The van der Waals surface area contributed by atoms with Gasteiger partial charge in [0.2, 0.25) is 0 Å². The summed E-state index contributed by atoms with van der Waals surface area (Å²) in [4.78, 5) is 11.2. The quantitative estimate of drug-likeness (QED) is 0.196. The van der Waals surface area contributed by atoms with Crippen LogP contribution in [0.4, 0.5) is 5.69 Å². The summed E-state index contributed by atoms with van der Waals surface area (Å²) in [6, 6.07) is 18.6. The molecule has 0 aromatic heterocycles. The first-order valence-corrected chi connectivity index (χ1v) is 7.62. The zero-order valence-corrected chi connectivity index (χ0v) is 12.5. The maximum Gasteiger partial charge on any atom is 0.277 e. The monoisotopic (exact) mass is 313 g/mol. The smallest absolute Gasteiger partial charge is 0.277 e. The van der Waals surface area contributed by atoms with Crippen LogP contribution in [0.3, 0.4) is 0 Å². The molecule has 0 radical (unpaired) electrons. The lowest BCUT2D eigenvalue weighted by Gasteiger charge is -2.14. The highest BCUT2D eigenvalue weighted by Gasteiger charge is 2.20.